The number of rotatable bonds is 6. The van der Waals surface area contributed by atoms with E-state index in [-0.39, 0.29) is 30.9 Å². The second-order valence-corrected chi connectivity index (χ2v) is 6.92. The second-order valence-electron chi connectivity index (χ2n) is 6.49. The molecule has 2 saturated carbocycles. The van der Waals surface area contributed by atoms with Crippen molar-refractivity contribution in [1.29, 1.82) is 0 Å². The molecule has 5 heteroatoms. The fraction of sp³-hybridized carbons (Fsp3) is 0.556. The van der Waals surface area contributed by atoms with Crippen molar-refractivity contribution in [2.75, 3.05) is 0 Å². The van der Waals surface area contributed by atoms with Gasteiger partial charge >= 0.3 is 11.9 Å². The number of hydrogen-bond donors (Lipinski definition) is 0. The van der Waals surface area contributed by atoms with Crippen LogP contribution in [0.15, 0.2) is 24.3 Å². The van der Waals surface area contributed by atoms with Crippen molar-refractivity contribution in [3.05, 3.63) is 29.3 Å². The summed E-state index contributed by atoms with van der Waals surface area (Å²) in [4.78, 5) is 23.6. The molecule has 0 N–H and O–H groups in total. The zero-order valence-electron chi connectivity index (χ0n) is 13.0. The predicted molar refractivity (Wildman–Crippen MR) is 86.3 cm³/mol. The molecule has 2 bridgehead atoms. The van der Waals surface area contributed by atoms with Gasteiger partial charge in [0.25, 0.3) is 0 Å². The van der Waals surface area contributed by atoms with Gasteiger partial charge in [-0.3, -0.25) is 9.59 Å². The minimum atomic E-state index is -0.361. The summed E-state index contributed by atoms with van der Waals surface area (Å²) in [6.45, 7) is 0. The molecule has 3 rings (SSSR count). The van der Waals surface area contributed by atoms with Crippen LogP contribution in [0, 0.1) is 11.8 Å². The first-order valence-electron chi connectivity index (χ1n) is 8.26. The molecule has 0 aliphatic heterocycles. The Morgan fingerprint density at radius 3 is 2.65 bits per heavy atom. The van der Waals surface area contributed by atoms with E-state index in [1.807, 2.05) is 0 Å². The van der Waals surface area contributed by atoms with Crippen LogP contribution in [0.5, 0.6) is 5.75 Å². The average Bonchev–Trinajstić information content (AvgIpc) is 3.09. The smallest absolute Gasteiger partial charge is 0.311 e. The lowest BCUT2D eigenvalue weighted by molar-refractivity contribution is -0.151. The summed E-state index contributed by atoms with van der Waals surface area (Å²) >= 11 is 5.83. The van der Waals surface area contributed by atoms with E-state index in [2.05, 4.69) is 0 Å². The van der Waals surface area contributed by atoms with Crippen LogP contribution in [0.25, 0.3) is 0 Å². The van der Waals surface area contributed by atoms with Crippen LogP contribution >= 0.6 is 11.6 Å². The first-order chi connectivity index (χ1) is 11.1. The minimum absolute atomic E-state index is 0.111. The Bertz CT molecular complexity index is 586. The van der Waals surface area contributed by atoms with Gasteiger partial charge in [0.1, 0.15) is 11.9 Å². The molecule has 1 aromatic carbocycles. The van der Waals surface area contributed by atoms with E-state index in [1.54, 1.807) is 24.3 Å². The largest absolute Gasteiger partial charge is 0.462 e. The zero-order valence-corrected chi connectivity index (χ0v) is 13.8. The Morgan fingerprint density at radius 1 is 1.13 bits per heavy atom. The topological polar surface area (TPSA) is 52.6 Å². The molecule has 0 saturated heterocycles. The molecule has 3 unspecified atom stereocenters. The molecule has 0 aromatic heterocycles. The molecule has 0 spiro atoms. The highest BCUT2D eigenvalue weighted by atomic mass is 35.5. The SMILES string of the molecule is O=C(CCCC(=O)OC1CC2CCC1C2)Oc1cccc(Cl)c1. The number of carbonyl (C=O) groups excluding carboxylic acids is 2. The van der Waals surface area contributed by atoms with E-state index in [1.165, 1.54) is 19.3 Å². The number of fused-ring (bicyclic) bond motifs is 2. The summed E-state index contributed by atoms with van der Waals surface area (Å²) in [5, 5.41) is 0.518. The lowest BCUT2D eigenvalue weighted by atomic mass is 9.98. The van der Waals surface area contributed by atoms with Gasteiger partial charge in [0.05, 0.1) is 0 Å². The van der Waals surface area contributed by atoms with Gasteiger partial charge in [0.15, 0.2) is 0 Å². The van der Waals surface area contributed by atoms with E-state index in [4.69, 9.17) is 21.1 Å². The Kier molecular flexibility index (Phi) is 5.21. The highest BCUT2D eigenvalue weighted by Gasteiger charge is 2.41. The Morgan fingerprint density at radius 2 is 1.96 bits per heavy atom. The quantitative estimate of drug-likeness (QED) is 0.578. The summed E-state index contributed by atoms with van der Waals surface area (Å²) in [6, 6.07) is 6.69. The van der Waals surface area contributed by atoms with Crippen molar-refractivity contribution in [2.45, 2.75) is 51.0 Å². The summed E-state index contributed by atoms with van der Waals surface area (Å²) < 4.78 is 10.7. The Labute approximate surface area is 141 Å². The van der Waals surface area contributed by atoms with Crippen LogP contribution in [0.3, 0.4) is 0 Å². The van der Waals surface area contributed by atoms with E-state index in [0.29, 0.717) is 23.1 Å². The molecule has 1 aromatic rings. The van der Waals surface area contributed by atoms with Gasteiger partial charge in [-0.25, -0.2) is 0 Å². The highest BCUT2D eigenvalue weighted by molar-refractivity contribution is 6.30. The number of esters is 2. The molecule has 124 valence electrons. The number of carbonyl (C=O) groups is 2. The fourth-order valence-corrected chi connectivity index (χ4v) is 3.83. The molecule has 2 aliphatic carbocycles. The standard InChI is InChI=1S/C18H21ClO4/c19-14-3-1-4-15(11-14)22-17(20)5-2-6-18(21)23-16-10-12-7-8-13(16)9-12/h1,3-4,11-13,16H,2,5-10H2. The Hall–Kier alpha value is -1.55. The summed E-state index contributed by atoms with van der Waals surface area (Å²) in [7, 11) is 0. The summed E-state index contributed by atoms with van der Waals surface area (Å²) in [5.41, 5.74) is 0. The monoisotopic (exact) mass is 336 g/mol. The molecule has 0 radical (unpaired) electrons. The van der Waals surface area contributed by atoms with Crippen molar-refractivity contribution >= 4 is 23.5 Å². The van der Waals surface area contributed by atoms with Gasteiger partial charge in [-0.2, -0.15) is 0 Å². The number of ether oxygens (including phenoxy) is 2. The predicted octanol–water partition coefficient (Wildman–Crippen LogP) is 4.15. The van der Waals surface area contributed by atoms with Crippen LogP contribution in [0.4, 0.5) is 0 Å². The molecule has 2 aliphatic rings. The van der Waals surface area contributed by atoms with Gasteiger partial charge < -0.3 is 9.47 Å². The number of benzene rings is 1. The Balaban J connectivity index is 1.34. The molecule has 23 heavy (non-hydrogen) atoms. The van der Waals surface area contributed by atoms with Gasteiger partial charge in [-0.1, -0.05) is 17.7 Å². The molecule has 4 nitrogen and oxygen atoms in total. The van der Waals surface area contributed by atoms with Gasteiger partial charge in [-0.05, 0) is 62.1 Å². The first-order valence-corrected chi connectivity index (χ1v) is 8.63. The van der Waals surface area contributed by atoms with Crippen molar-refractivity contribution in [3.63, 3.8) is 0 Å². The van der Waals surface area contributed by atoms with Crippen LogP contribution in [-0.2, 0) is 14.3 Å². The molecular formula is C18H21ClO4. The normalized spacial score (nSPS) is 25.3. The molecule has 0 heterocycles. The third-order valence-corrected chi connectivity index (χ3v) is 4.98. The van der Waals surface area contributed by atoms with E-state index < -0.39 is 0 Å². The second kappa shape index (κ2) is 7.35. The van der Waals surface area contributed by atoms with E-state index >= 15 is 0 Å². The van der Waals surface area contributed by atoms with Crippen molar-refractivity contribution < 1.29 is 19.1 Å². The van der Waals surface area contributed by atoms with Crippen molar-refractivity contribution in [1.82, 2.24) is 0 Å². The summed E-state index contributed by atoms with van der Waals surface area (Å²) in [6.07, 6.45) is 5.72. The number of halogens is 1. The van der Waals surface area contributed by atoms with Crippen LogP contribution in [0.2, 0.25) is 5.02 Å². The van der Waals surface area contributed by atoms with Gasteiger partial charge in [0, 0.05) is 17.9 Å². The zero-order chi connectivity index (χ0) is 16.2. The third kappa shape index (κ3) is 4.47. The van der Waals surface area contributed by atoms with E-state index in [0.717, 1.165) is 12.3 Å². The molecule has 3 atom stereocenters. The summed E-state index contributed by atoms with van der Waals surface area (Å²) in [5.74, 6) is 1.19. The average molecular weight is 337 g/mol. The maximum Gasteiger partial charge on any atom is 0.311 e. The van der Waals surface area contributed by atoms with Gasteiger partial charge in [0.2, 0.25) is 0 Å². The maximum absolute atomic E-state index is 11.9. The maximum atomic E-state index is 11.9. The minimum Gasteiger partial charge on any atom is -0.462 e. The number of hydrogen-bond acceptors (Lipinski definition) is 4. The van der Waals surface area contributed by atoms with Crippen molar-refractivity contribution in [3.8, 4) is 5.75 Å². The molecule has 2 fully saturated rings. The van der Waals surface area contributed by atoms with Crippen LogP contribution in [0.1, 0.15) is 44.9 Å². The molecule has 0 amide bonds. The van der Waals surface area contributed by atoms with Crippen LogP contribution in [-0.4, -0.2) is 18.0 Å². The van der Waals surface area contributed by atoms with Gasteiger partial charge in [-0.15, -0.1) is 0 Å². The fourth-order valence-electron chi connectivity index (χ4n) is 3.65. The van der Waals surface area contributed by atoms with Crippen LogP contribution < -0.4 is 4.74 Å². The first kappa shape index (κ1) is 16.3. The lowest BCUT2D eigenvalue weighted by Gasteiger charge is -2.21. The van der Waals surface area contributed by atoms with E-state index in [9.17, 15) is 9.59 Å². The van der Waals surface area contributed by atoms with Crippen molar-refractivity contribution in [2.24, 2.45) is 11.8 Å². The molecular weight excluding hydrogens is 316 g/mol. The highest BCUT2D eigenvalue weighted by Crippen LogP contribution is 2.45. The lowest BCUT2D eigenvalue weighted by Crippen LogP contribution is -2.24. The third-order valence-electron chi connectivity index (χ3n) is 4.75.